The quantitative estimate of drug-likeness (QED) is 0.224. The van der Waals surface area contributed by atoms with Crippen LogP contribution in [0.5, 0.6) is 0 Å². The molecule has 1 aromatic rings. The third-order valence-electron chi connectivity index (χ3n) is 8.39. The van der Waals surface area contributed by atoms with Crippen molar-refractivity contribution in [2.45, 2.75) is 74.8 Å². The van der Waals surface area contributed by atoms with Crippen LogP contribution in [-0.4, -0.2) is 69.6 Å². The van der Waals surface area contributed by atoms with Crippen LogP contribution in [0.15, 0.2) is 30.9 Å². The van der Waals surface area contributed by atoms with E-state index in [2.05, 4.69) is 6.58 Å². The lowest BCUT2D eigenvalue weighted by atomic mass is 9.66. The van der Waals surface area contributed by atoms with Crippen LogP contribution in [0, 0.1) is 18.8 Å². The highest BCUT2D eigenvalue weighted by molar-refractivity contribution is 8.02. The van der Waals surface area contributed by atoms with Gasteiger partial charge in [0, 0.05) is 24.4 Å². The highest BCUT2D eigenvalue weighted by atomic mass is 35.5. The Morgan fingerprint density at radius 1 is 1.29 bits per heavy atom. The summed E-state index contributed by atoms with van der Waals surface area (Å²) in [7, 11) is 0. The second-order valence-corrected chi connectivity index (χ2v) is 13.1. The summed E-state index contributed by atoms with van der Waals surface area (Å²) in [5.74, 6) is -1.85. The maximum atomic E-state index is 14.6. The number of rotatable bonds is 12. The molecule has 208 valence electrons. The largest absolute Gasteiger partial charge is 0.466 e. The van der Waals surface area contributed by atoms with E-state index in [0.29, 0.717) is 30.1 Å². The van der Waals surface area contributed by atoms with Crippen molar-refractivity contribution in [3.05, 3.63) is 41.4 Å². The highest BCUT2D eigenvalue weighted by Crippen LogP contribution is 2.71. The van der Waals surface area contributed by atoms with Crippen molar-refractivity contribution in [2.75, 3.05) is 31.2 Å². The van der Waals surface area contributed by atoms with Crippen molar-refractivity contribution in [1.82, 2.24) is 4.90 Å². The van der Waals surface area contributed by atoms with E-state index in [-0.39, 0.29) is 37.5 Å². The lowest BCUT2D eigenvalue weighted by molar-refractivity contribution is -0.155. The van der Waals surface area contributed by atoms with Crippen molar-refractivity contribution in [3.8, 4) is 0 Å². The molecule has 1 aromatic carbocycles. The molecule has 2 bridgehead atoms. The Kier molecular flexibility index (Phi) is 8.85. The van der Waals surface area contributed by atoms with E-state index in [9.17, 15) is 14.4 Å². The number of carbonyl (C=O) groups is 3. The second-order valence-electron chi connectivity index (χ2n) is 10.8. The van der Waals surface area contributed by atoms with Gasteiger partial charge < -0.3 is 19.6 Å². The first-order valence-corrected chi connectivity index (χ1v) is 14.8. The molecule has 0 radical (unpaired) electrons. The molecule has 5 atom stereocenters. The predicted octanol–water partition coefficient (Wildman–Crippen LogP) is 4.76. The summed E-state index contributed by atoms with van der Waals surface area (Å²) >= 11 is 8.26. The van der Waals surface area contributed by atoms with E-state index in [1.165, 1.54) is 0 Å². The Bertz CT molecular complexity index is 1080. The Morgan fingerprint density at radius 2 is 2.03 bits per heavy atom. The van der Waals surface area contributed by atoms with Crippen molar-refractivity contribution in [2.24, 2.45) is 11.8 Å². The molecule has 38 heavy (non-hydrogen) atoms. The van der Waals surface area contributed by atoms with E-state index in [1.807, 2.05) is 26.0 Å². The number of halogens is 1. The number of para-hydroxylation sites is 1. The van der Waals surface area contributed by atoms with Crippen LogP contribution < -0.4 is 4.90 Å². The summed E-state index contributed by atoms with van der Waals surface area (Å²) in [5, 5.41) is 9.61. The van der Waals surface area contributed by atoms with Gasteiger partial charge in [0.2, 0.25) is 5.91 Å². The lowest BCUT2D eigenvalue weighted by Gasteiger charge is -2.37. The van der Waals surface area contributed by atoms with Gasteiger partial charge in [0.25, 0.3) is 5.91 Å². The van der Waals surface area contributed by atoms with Gasteiger partial charge in [-0.15, -0.1) is 18.3 Å². The fraction of sp³-hybridized carbons (Fsp3) is 0.621. The molecular weight excluding hydrogens is 524 g/mol. The zero-order valence-corrected chi connectivity index (χ0v) is 24.2. The SMILES string of the molecule is C=CCN(C(=O)C1N(CCCCCCO)C(=O)[C@@H]2[C@H](C(=O)OCC)[C@]3(C)CCC12S3)c1c(C)cccc1Cl. The molecule has 2 amide bonds. The molecule has 1 N–H and O–H groups in total. The zero-order valence-electron chi connectivity index (χ0n) is 22.6. The van der Waals surface area contributed by atoms with Crippen LogP contribution in [-0.2, 0) is 19.1 Å². The summed E-state index contributed by atoms with van der Waals surface area (Å²) in [6, 6.07) is 4.81. The van der Waals surface area contributed by atoms with Crippen LogP contribution in [0.25, 0.3) is 0 Å². The van der Waals surface area contributed by atoms with Crippen molar-refractivity contribution in [3.63, 3.8) is 0 Å². The number of esters is 1. The number of unbranched alkanes of at least 4 members (excludes halogenated alkanes) is 3. The number of nitrogens with zero attached hydrogens (tertiary/aromatic N) is 2. The van der Waals surface area contributed by atoms with E-state index < -0.39 is 27.4 Å². The molecule has 7 nitrogen and oxygen atoms in total. The van der Waals surface area contributed by atoms with Gasteiger partial charge in [-0.25, -0.2) is 0 Å². The van der Waals surface area contributed by atoms with E-state index in [0.717, 1.165) is 31.2 Å². The number of hydrogen-bond donors (Lipinski definition) is 1. The van der Waals surface area contributed by atoms with Crippen LogP contribution >= 0.6 is 23.4 Å². The smallest absolute Gasteiger partial charge is 0.311 e. The van der Waals surface area contributed by atoms with Gasteiger partial charge in [0.1, 0.15) is 6.04 Å². The van der Waals surface area contributed by atoms with Crippen molar-refractivity contribution in [1.29, 1.82) is 0 Å². The molecule has 0 saturated carbocycles. The van der Waals surface area contributed by atoms with Gasteiger partial charge in [0.15, 0.2) is 0 Å². The second kappa shape index (κ2) is 11.6. The van der Waals surface area contributed by atoms with Crippen molar-refractivity contribution < 1.29 is 24.2 Å². The molecule has 3 aliphatic rings. The van der Waals surface area contributed by atoms with E-state index >= 15 is 0 Å². The van der Waals surface area contributed by atoms with Gasteiger partial charge in [-0.2, -0.15) is 0 Å². The van der Waals surface area contributed by atoms with Gasteiger partial charge in [-0.05, 0) is 58.1 Å². The number of carbonyl (C=O) groups excluding carboxylic acids is 3. The van der Waals surface area contributed by atoms with Crippen LogP contribution in [0.2, 0.25) is 5.02 Å². The third kappa shape index (κ3) is 4.77. The molecule has 1 spiro atoms. The highest BCUT2D eigenvalue weighted by Gasteiger charge is 2.77. The van der Waals surface area contributed by atoms with Crippen LogP contribution in [0.1, 0.15) is 57.9 Å². The number of anilines is 1. The average Bonchev–Trinajstić information content (AvgIpc) is 3.44. The molecular formula is C29H39ClN2O5S. The average molecular weight is 563 g/mol. The molecule has 3 fully saturated rings. The minimum atomic E-state index is -0.722. The number of fused-ring (bicyclic) bond motifs is 1. The lowest BCUT2D eigenvalue weighted by Crippen LogP contribution is -2.55. The number of ether oxygens (including phenoxy) is 1. The molecule has 2 unspecified atom stereocenters. The molecule has 9 heteroatoms. The van der Waals surface area contributed by atoms with Crippen LogP contribution in [0.4, 0.5) is 5.69 Å². The maximum Gasteiger partial charge on any atom is 0.311 e. The summed E-state index contributed by atoms with van der Waals surface area (Å²) in [6.45, 7) is 10.7. The summed E-state index contributed by atoms with van der Waals surface area (Å²) in [5.41, 5.74) is 1.49. The Balaban J connectivity index is 1.77. The molecule has 0 aromatic heterocycles. The standard InChI is InChI=1S/C29H39ClN2O5S/c1-5-16-31(23-19(3)12-11-13-20(23)30)26(35)24-29-15-14-28(4,38-29)22(27(36)37-6-2)21(29)25(34)32(24)17-9-7-8-10-18-33/h5,11-13,21-22,24,33H,1,6-10,14-18H2,2-4H3/t21-,22+,24?,28-,29?/m0/s1. The first kappa shape index (κ1) is 29.0. The molecule has 3 saturated heterocycles. The number of benzene rings is 1. The minimum absolute atomic E-state index is 0.131. The molecule has 3 aliphatic heterocycles. The molecule has 4 rings (SSSR count). The Morgan fingerprint density at radius 3 is 2.68 bits per heavy atom. The molecule has 0 aliphatic carbocycles. The zero-order chi connectivity index (χ0) is 27.7. The maximum absolute atomic E-state index is 14.6. The minimum Gasteiger partial charge on any atom is -0.466 e. The van der Waals surface area contributed by atoms with Gasteiger partial charge >= 0.3 is 5.97 Å². The van der Waals surface area contributed by atoms with Gasteiger partial charge in [0.05, 0.1) is 33.9 Å². The first-order valence-electron chi connectivity index (χ1n) is 13.6. The number of aryl methyl sites for hydroxylation is 1. The summed E-state index contributed by atoms with van der Waals surface area (Å²) in [6.07, 6.45) is 6.22. The topological polar surface area (TPSA) is 87.2 Å². The van der Waals surface area contributed by atoms with Gasteiger partial charge in [-0.1, -0.05) is 42.7 Å². The van der Waals surface area contributed by atoms with E-state index in [1.54, 1.807) is 40.6 Å². The van der Waals surface area contributed by atoms with Crippen molar-refractivity contribution >= 4 is 46.8 Å². The fourth-order valence-corrected chi connectivity index (χ4v) is 9.48. The fourth-order valence-electron chi connectivity index (χ4n) is 6.82. The Hall–Kier alpha value is -2.03. The number of aliphatic hydroxyl groups is 1. The number of amides is 2. The van der Waals surface area contributed by atoms with Gasteiger partial charge in [-0.3, -0.25) is 14.4 Å². The summed E-state index contributed by atoms with van der Waals surface area (Å²) < 4.78 is 4.30. The number of likely N-dealkylation sites (tertiary alicyclic amines) is 1. The van der Waals surface area contributed by atoms with Crippen LogP contribution in [0.3, 0.4) is 0 Å². The predicted molar refractivity (Wildman–Crippen MR) is 151 cm³/mol. The third-order valence-corrected chi connectivity index (χ3v) is 10.7. The summed E-state index contributed by atoms with van der Waals surface area (Å²) in [4.78, 5) is 45.4. The normalized spacial score (nSPS) is 29.4. The molecule has 3 heterocycles. The number of aliphatic hydroxyl groups excluding tert-OH is 1. The monoisotopic (exact) mass is 562 g/mol. The van der Waals surface area contributed by atoms with E-state index in [4.69, 9.17) is 21.4 Å². The number of thioether (sulfide) groups is 1. The first-order chi connectivity index (χ1) is 18.2. The number of hydrogen-bond acceptors (Lipinski definition) is 6. The Labute approximate surface area is 234 Å².